The van der Waals surface area contributed by atoms with E-state index in [1.807, 2.05) is 31.2 Å². The Bertz CT molecular complexity index is 647. The third-order valence-corrected chi connectivity index (χ3v) is 4.02. The zero-order chi connectivity index (χ0) is 16.7. The molecule has 0 spiro atoms. The zero-order valence-corrected chi connectivity index (χ0v) is 13.8. The molecule has 2 rings (SSSR count). The van der Waals surface area contributed by atoms with Gasteiger partial charge in [-0.2, -0.15) is 0 Å². The van der Waals surface area contributed by atoms with Crippen LogP contribution in [0.1, 0.15) is 36.5 Å². The molecule has 0 aliphatic carbocycles. The third-order valence-electron chi connectivity index (χ3n) is 4.02. The molecule has 3 heteroatoms. The van der Waals surface area contributed by atoms with Crippen LogP contribution in [0.15, 0.2) is 42.5 Å². The van der Waals surface area contributed by atoms with E-state index in [0.29, 0.717) is 12.8 Å². The molecule has 0 saturated heterocycles. The van der Waals surface area contributed by atoms with Gasteiger partial charge in [0.2, 0.25) is 0 Å². The second kappa shape index (κ2) is 8.47. The summed E-state index contributed by atoms with van der Waals surface area (Å²) in [4.78, 5) is 12.1. The average molecular weight is 314 g/mol. The van der Waals surface area contributed by atoms with E-state index in [0.717, 1.165) is 36.1 Å². The van der Waals surface area contributed by atoms with Crippen molar-refractivity contribution in [1.82, 2.24) is 0 Å². The second-order valence-corrected chi connectivity index (χ2v) is 5.68. The Labute approximate surface area is 137 Å². The minimum atomic E-state index is -0.275. The van der Waals surface area contributed by atoms with Crippen molar-refractivity contribution in [2.24, 2.45) is 0 Å². The summed E-state index contributed by atoms with van der Waals surface area (Å²) in [6, 6.07) is 12.6. The van der Waals surface area contributed by atoms with Gasteiger partial charge in [-0.25, -0.2) is 4.39 Å². The molecule has 122 valence electrons. The Morgan fingerprint density at radius 2 is 1.83 bits per heavy atom. The monoisotopic (exact) mass is 314 g/mol. The Hall–Kier alpha value is -2.16. The highest BCUT2D eigenvalue weighted by Crippen LogP contribution is 2.16. The van der Waals surface area contributed by atoms with E-state index in [4.69, 9.17) is 4.74 Å². The molecule has 2 nitrogen and oxygen atoms in total. The highest BCUT2D eigenvalue weighted by atomic mass is 19.1. The molecule has 2 aromatic rings. The smallest absolute Gasteiger partial charge is 0.137 e. The van der Waals surface area contributed by atoms with E-state index in [9.17, 15) is 9.18 Å². The molecule has 23 heavy (non-hydrogen) atoms. The lowest BCUT2D eigenvalue weighted by Crippen LogP contribution is -2.06. The molecule has 0 bridgehead atoms. The first-order chi connectivity index (χ1) is 11.1. The summed E-state index contributed by atoms with van der Waals surface area (Å²) in [5.74, 6) is 0.727. The molecule has 0 aromatic heterocycles. The van der Waals surface area contributed by atoms with Crippen molar-refractivity contribution in [2.75, 3.05) is 7.11 Å². The van der Waals surface area contributed by atoms with Crippen LogP contribution in [0.3, 0.4) is 0 Å². The summed E-state index contributed by atoms with van der Waals surface area (Å²) in [6.45, 7) is 2.02. The van der Waals surface area contributed by atoms with E-state index < -0.39 is 0 Å². The van der Waals surface area contributed by atoms with Gasteiger partial charge >= 0.3 is 0 Å². The molecule has 0 N–H and O–H groups in total. The maximum Gasteiger partial charge on any atom is 0.137 e. The molecule has 0 unspecified atom stereocenters. The molecule has 2 aromatic carbocycles. The maximum absolute atomic E-state index is 13.3. The van der Waals surface area contributed by atoms with Crippen LogP contribution in [-0.4, -0.2) is 12.9 Å². The van der Waals surface area contributed by atoms with E-state index in [1.54, 1.807) is 13.2 Å². The highest BCUT2D eigenvalue weighted by Gasteiger charge is 2.09. The summed E-state index contributed by atoms with van der Waals surface area (Å²) in [6.07, 6.45) is 3.32. The van der Waals surface area contributed by atoms with Crippen molar-refractivity contribution in [3.05, 3.63) is 65.0 Å². The number of methoxy groups -OCH3 is 1. The Morgan fingerprint density at radius 3 is 2.48 bits per heavy atom. The fraction of sp³-hybridized carbons (Fsp3) is 0.350. The van der Waals surface area contributed by atoms with E-state index >= 15 is 0 Å². The number of ketones is 1. The summed E-state index contributed by atoms with van der Waals surface area (Å²) >= 11 is 0. The quantitative estimate of drug-likeness (QED) is 0.715. The number of aryl methyl sites for hydroxylation is 2. The second-order valence-electron chi connectivity index (χ2n) is 5.68. The molecule has 0 heterocycles. The largest absolute Gasteiger partial charge is 0.497 e. The highest BCUT2D eigenvalue weighted by molar-refractivity contribution is 5.81. The van der Waals surface area contributed by atoms with Crippen molar-refractivity contribution < 1.29 is 13.9 Å². The number of hydrogen-bond acceptors (Lipinski definition) is 2. The zero-order valence-electron chi connectivity index (χ0n) is 13.8. The van der Waals surface area contributed by atoms with Gasteiger partial charge in [0.05, 0.1) is 7.11 Å². The van der Waals surface area contributed by atoms with Crippen molar-refractivity contribution in [3.63, 3.8) is 0 Å². The van der Waals surface area contributed by atoms with Crippen LogP contribution in [0.5, 0.6) is 5.75 Å². The van der Waals surface area contributed by atoms with Gasteiger partial charge in [0.1, 0.15) is 17.3 Å². The Morgan fingerprint density at radius 1 is 1.09 bits per heavy atom. The standard InChI is InChI=1S/C20H23FO2/c1-3-16-9-10-18(21)13-17(16)14-19(22)6-4-5-15-7-11-20(23-2)12-8-15/h7-13H,3-6,14H2,1-2H3. The van der Waals surface area contributed by atoms with Gasteiger partial charge in [0.25, 0.3) is 0 Å². The van der Waals surface area contributed by atoms with Gasteiger partial charge in [-0.1, -0.05) is 25.1 Å². The molecular formula is C20H23FO2. The molecule has 0 fully saturated rings. The number of hydrogen-bond donors (Lipinski definition) is 0. The van der Waals surface area contributed by atoms with Crippen molar-refractivity contribution in [2.45, 2.75) is 39.0 Å². The SMILES string of the molecule is CCc1ccc(F)cc1CC(=O)CCCc1ccc(OC)cc1. The van der Waals surface area contributed by atoms with Crippen LogP contribution in [0.4, 0.5) is 4.39 Å². The van der Waals surface area contributed by atoms with Crippen LogP contribution in [0.2, 0.25) is 0 Å². The Kier molecular flexibility index (Phi) is 6.33. The van der Waals surface area contributed by atoms with Crippen LogP contribution < -0.4 is 4.74 Å². The van der Waals surface area contributed by atoms with Crippen molar-refractivity contribution in [1.29, 1.82) is 0 Å². The maximum atomic E-state index is 13.3. The van der Waals surface area contributed by atoms with Crippen molar-refractivity contribution >= 4 is 5.78 Å². The summed E-state index contributed by atoms with van der Waals surface area (Å²) in [7, 11) is 1.64. The number of benzene rings is 2. The molecule has 0 amide bonds. The van der Waals surface area contributed by atoms with Gasteiger partial charge in [-0.15, -0.1) is 0 Å². The molecule has 0 aliphatic rings. The van der Waals surface area contributed by atoms with E-state index in [2.05, 4.69) is 0 Å². The normalized spacial score (nSPS) is 10.6. The van der Waals surface area contributed by atoms with Gasteiger partial charge in [0.15, 0.2) is 0 Å². The lowest BCUT2D eigenvalue weighted by atomic mass is 9.97. The fourth-order valence-electron chi connectivity index (χ4n) is 2.69. The molecule has 0 atom stereocenters. The number of ether oxygens (including phenoxy) is 1. The lowest BCUT2D eigenvalue weighted by Gasteiger charge is -2.08. The van der Waals surface area contributed by atoms with Crippen molar-refractivity contribution in [3.8, 4) is 5.75 Å². The molecule has 0 saturated carbocycles. The first kappa shape index (κ1) is 17.2. The number of carbonyl (C=O) groups excluding carboxylic acids is 1. The van der Waals surface area contributed by atoms with Gasteiger partial charge < -0.3 is 4.74 Å². The minimum absolute atomic E-state index is 0.166. The summed E-state index contributed by atoms with van der Waals surface area (Å²) in [5.41, 5.74) is 3.07. The van der Waals surface area contributed by atoms with Gasteiger partial charge in [-0.3, -0.25) is 4.79 Å². The fourth-order valence-corrected chi connectivity index (χ4v) is 2.69. The van der Waals surface area contributed by atoms with Crippen LogP contribution >= 0.6 is 0 Å². The first-order valence-electron chi connectivity index (χ1n) is 8.04. The van der Waals surface area contributed by atoms with Gasteiger partial charge in [-0.05, 0) is 60.2 Å². The topological polar surface area (TPSA) is 26.3 Å². The molecule has 0 radical (unpaired) electrons. The van der Waals surface area contributed by atoms with Crippen LogP contribution in [0.25, 0.3) is 0 Å². The van der Waals surface area contributed by atoms with E-state index in [-0.39, 0.29) is 11.6 Å². The number of Topliss-reactive ketones (excluding diaryl/α,β-unsaturated/α-hetero) is 1. The lowest BCUT2D eigenvalue weighted by molar-refractivity contribution is -0.118. The predicted octanol–water partition coefficient (Wildman–Crippen LogP) is 4.53. The summed E-state index contributed by atoms with van der Waals surface area (Å²) in [5, 5.41) is 0. The molecular weight excluding hydrogens is 291 g/mol. The van der Waals surface area contributed by atoms with Gasteiger partial charge in [0, 0.05) is 12.8 Å². The van der Waals surface area contributed by atoms with Crippen LogP contribution in [0, 0.1) is 5.82 Å². The number of rotatable bonds is 8. The number of halogens is 1. The van der Waals surface area contributed by atoms with E-state index in [1.165, 1.54) is 17.7 Å². The molecule has 0 aliphatic heterocycles. The van der Waals surface area contributed by atoms with Crippen LogP contribution in [-0.2, 0) is 24.1 Å². The summed E-state index contributed by atoms with van der Waals surface area (Å²) < 4.78 is 18.5. The first-order valence-corrected chi connectivity index (χ1v) is 8.04. The minimum Gasteiger partial charge on any atom is -0.497 e. The Balaban J connectivity index is 1.84. The predicted molar refractivity (Wildman–Crippen MR) is 90.4 cm³/mol. The average Bonchev–Trinajstić information content (AvgIpc) is 2.56. The third kappa shape index (κ3) is 5.20. The number of carbonyl (C=O) groups is 1.